The summed E-state index contributed by atoms with van der Waals surface area (Å²) < 4.78 is 5.36. The first kappa shape index (κ1) is 23.4. The van der Waals surface area contributed by atoms with Gasteiger partial charge in [0.25, 0.3) is 0 Å². The van der Waals surface area contributed by atoms with Crippen molar-refractivity contribution in [3.63, 3.8) is 0 Å². The minimum atomic E-state index is -0.665. The van der Waals surface area contributed by atoms with Crippen molar-refractivity contribution in [2.45, 2.75) is 12.5 Å². The summed E-state index contributed by atoms with van der Waals surface area (Å²) in [6.07, 6.45) is 0.998. The molecule has 148 valence electrons. The molecule has 3 rings (SSSR count). The van der Waals surface area contributed by atoms with E-state index in [0.717, 1.165) is 50.5 Å². The van der Waals surface area contributed by atoms with Crippen molar-refractivity contribution in [2.24, 2.45) is 5.73 Å². The first-order valence-corrected chi connectivity index (χ1v) is 8.73. The van der Waals surface area contributed by atoms with Crippen molar-refractivity contribution < 1.29 is 9.53 Å². The van der Waals surface area contributed by atoms with Crippen LogP contribution in [0.5, 0.6) is 0 Å². The predicted molar refractivity (Wildman–Crippen MR) is 114 cm³/mol. The largest absolute Gasteiger partial charge is 0.379 e. The Morgan fingerprint density at radius 3 is 2.30 bits per heavy atom. The zero-order valence-corrected chi connectivity index (χ0v) is 16.8. The molecule has 0 radical (unpaired) electrons. The highest BCUT2D eigenvalue weighted by atomic mass is 35.5. The Morgan fingerprint density at radius 1 is 1.04 bits per heavy atom. The van der Waals surface area contributed by atoms with E-state index in [-0.39, 0.29) is 30.7 Å². The van der Waals surface area contributed by atoms with Crippen molar-refractivity contribution in [2.75, 3.05) is 38.2 Å². The van der Waals surface area contributed by atoms with Gasteiger partial charge in [-0.2, -0.15) is 0 Å². The third-order valence-electron chi connectivity index (χ3n) is 4.48. The van der Waals surface area contributed by atoms with Gasteiger partial charge >= 0.3 is 0 Å². The minimum Gasteiger partial charge on any atom is -0.379 e. The highest BCUT2D eigenvalue weighted by molar-refractivity contribution is 5.95. The Morgan fingerprint density at radius 2 is 1.67 bits per heavy atom. The van der Waals surface area contributed by atoms with Crippen molar-refractivity contribution in [1.29, 1.82) is 0 Å². The molecule has 2 aromatic rings. The molecule has 0 bridgehead atoms. The summed E-state index contributed by atoms with van der Waals surface area (Å²) in [5, 5.41) is 2.88. The SMILES string of the molecule is Cl.Cl.NC(C(=O)Nc1ccc(CCN2CCOCC2)cc1)c1ccccc1. The van der Waals surface area contributed by atoms with Gasteiger partial charge in [-0.05, 0) is 29.7 Å². The fourth-order valence-electron chi connectivity index (χ4n) is 2.90. The van der Waals surface area contributed by atoms with E-state index in [1.165, 1.54) is 5.56 Å². The van der Waals surface area contributed by atoms with Crippen molar-refractivity contribution in [3.05, 3.63) is 65.7 Å². The molecule has 0 aliphatic carbocycles. The fourth-order valence-corrected chi connectivity index (χ4v) is 2.90. The highest BCUT2D eigenvalue weighted by Gasteiger charge is 2.15. The second-order valence-corrected chi connectivity index (χ2v) is 6.28. The van der Waals surface area contributed by atoms with E-state index in [9.17, 15) is 4.79 Å². The molecule has 7 heteroatoms. The van der Waals surface area contributed by atoms with Gasteiger partial charge in [-0.15, -0.1) is 24.8 Å². The quantitative estimate of drug-likeness (QED) is 0.766. The Kier molecular flexibility index (Phi) is 10.4. The number of nitrogens with one attached hydrogen (secondary N) is 1. The summed E-state index contributed by atoms with van der Waals surface area (Å²) in [5.74, 6) is -0.202. The van der Waals surface area contributed by atoms with Crippen LogP contribution in [0.25, 0.3) is 0 Å². The van der Waals surface area contributed by atoms with Gasteiger partial charge in [-0.3, -0.25) is 9.69 Å². The monoisotopic (exact) mass is 411 g/mol. The lowest BCUT2D eigenvalue weighted by molar-refractivity contribution is -0.117. The first-order chi connectivity index (χ1) is 12.2. The number of amides is 1. The van der Waals surface area contributed by atoms with Crippen molar-refractivity contribution >= 4 is 36.4 Å². The van der Waals surface area contributed by atoms with E-state index in [1.807, 2.05) is 42.5 Å². The van der Waals surface area contributed by atoms with E-state index in [4.69, 9.17) is 10.5 Å². The molecular weight excluding hydrogens is 385 g/mol. The van der Waals surface area contributed by atoms with Crippen LogP contribution in [-0.2, 0) is 16.0 Å². The van der Waals surface area contributed by atoms with E-state index in [2.05, 4.69) is 22.3 Å². The molecule has 0 aromatic heterocycles. The van der Waals surface area contributed by atoms with Gasteiger partial charge in [0.2, 0.25) is 5.91 Å². The van der Waals surface area contributed by atoms with E-state index >= 15 is 0 Å². The molecule has 0 spiro atoms. The van der Waals surface area contributed by atoms with Crippen LogP contribution in [0, 0.1) is 0 Å². The average molecular weight is 412 g/mol. The number of nitrogens with two attached hydrogens (primary N) is 1. The van der Waals surface area contributed by atoms with Crippen LogP contribution in [0.4, 0.5) is 5.69 Å². The first-order valence-electron chi connectivity index (χ1n) is 8.73. The van der Waals surface area contributed by atoms with Crippen LogP contribution < -0.4 is 11.1 Å². The zero-order valence-electron chi connectivity index (χ0n) is 15.2. The molecule has 27 heavy (non-hydrogen) atoms. The lowest BCUT2D eigenvalue weighted by Crippen LogP contribution is -2.37. The van der Waals surface area contributed by atoms with Crippen LogP contribution in [0.1, 0.15) is 17.2 Å². The third kappa shape index (κ3) is 7.13. The van der Waals surface area contributed by atoms with Crippen molar-refractivity contribution in [3.8, 4) is 0 Å². The number of benzene rings is 2. The number of rotatable bonds is 6. The maximum absolute atomic E-state index is 12.3. The van der Waals surface area contributed by atoms with Crippen LogP contribution in [0.3, 0.4) is 0 Å². The van der Waals surface area contributed by atoms with Crippen LogP contribution in [0.2, 0.25) is 0 Å². The number of hydrogen-bond acceptors (Lipinski definition) is 4. The molecule has 1 saturated heterocycles. The molecule has 1 fully saturated rings. The molecule has 0 saturated carbocycles. The summed E-state index contributed by atoms with van der Waals surface area (Å²) in [6.45, 7) is 4.70. The fraction of sp³-hybridized carbons (Fsp3) is 0.350. The second-order valence-electron chi connectivity index (χ2n) is 6.28. The summed E-state index contributed by atoms with van der Waals surface area (Å²) in [4.78, 5) is 14.7. The summed E-state index contributed by atoms with van der Waals surface area (Å²) in [6, 6.07) is 16.7. The number of hydrogen-bond donors (Lipinski definition) is 2. The van der Waals surface area contributed by atoms with E-state index in [0.29, 0.717) is 0 Å². The number of ether oxygens (including phenoxy) is 1. The molecule has 2 aromatic carbocycles. The number of carbonyl (C=O) groups is 1. The van der Waals surface area contributed by atoms with E-state index in [1.54, 1.807) is 0 Å². The van der Waals surface area contributed by atoms with Gasteiger partial charge in [0.05, 0.1) is 13.2 Å². The number of anilines is 1. The smallest absolute Gasteiger partial charge is 0.245 e. The van der Waals surface area contributed by atoms with E-state index < -0.39 is 6.04 Å². The lowest BCUT2D eigenvalue weighted by atomic mass is 10.1. The topological polar surface area (TPSA) is 67.6 Å². The summed E-state index contributed by atoms with van der Waals surface area (Å²) in [5.41, 5.74) is 8.86. The number of carbonyl (C=O) groups excluding carboxylic acids is 1. The van der Waals surface area contributed by atoms with Crippen molar-refractivity contribution in [1.82, 2.24) is 4.90 Å². The number of nitrogens with zero attached hydrogens (tertiary/aromatic N) is 1. The van der Waals surface area contributed by atoms with Gasteiger partial charge in [0.1, 0.15) is 6.04 Å². The number of halogens is 2. The van der Waals surface area contributed by atoms with Gasteiger partial charge in [0.15, 0.2) is 0 Å². The predicted octanol–water partition coefficient (Wildman–Crippen LogP) is 3.04. The summed E-state index contributed by atoms with van der Waals surface area (Å²) in [7, 11) is 0. The standard InChI is InChI=1S/C20H25N3O2.2ClH/c21-19(17-4-2-1-3-5-17)20(24)22-18-8-6-16(7-9-18)10-11-23-12-14-25-15-13-23;;/h1-9,19H,10-15,21H2,(H,22,24);2*1H. The van der Waals surface area contributed by atoms with Crippen LogP contribution in [-0.4, -0.2) is 43.7 Å². The van der Waals surface area contributed by atoms with Gasteiger partial charge < -0.3 is 15.8 Å². The maximum Gasteiger partial charge on any atom is 0.245 e. The molecule has 3 N–H and O–H groups in total. The molecular formula is C20H27Cl2N3O2. The van der Waals surface area contributed by atoms with Gasteiger partial charge in [-0.1, -0.05) is 42.5 Å². The van der Waals surface area contributed by atoms with Gasteiger partial charge in [0, 0.05) is 25.3 Å². The van der Waals surface area contributed by atoms with Gasteiger partial charge in [-0.25, -0.2) is 0 Å². The van der Waals surface area contributed by atoms with Crippen LogP contribution in [0.15, 0.2) is 54.6 Å². The molecule has 1 atom stereocenters. The zero-order chi connectivity index (χ0) is 17.5. The Bertz CT molecular complexity index is 677. The Hall–Kier alpha value is -1.63. The molecule has 5 nitrogen and oxygen atoms in total. The lowest BCUT2D eigenvalue weighted by Gasteiger charge is -2.26. The minimum absolute atomic E-state index is 0. The molecule has 1 heterocycles. The maximum atomic E-state index is 12.3. The molecule has 1 aliphatic rings. The third-order valence-corrected chi connectivity index (χ3v) is 4.48. The summed E-state index contributed by atoms with van der Waals surface area (Å²) >= 11 is 0. The Balaban J connectivity index is 0.00000182. The molecule has 1 unspecified atom stereocenters. The highest BCUT2D eigenvalue weighted by Crippen LogP contribution is 2.15. The molecule has 1 aliphatic heterocycles. The number of morpholine rings is 1. The molecule has 1 amide bonds. The second kappa shape index (κ2) is 12.0. The normalized spacial score (nSPS) is 15.1. The Labute approximate surface area is 173 Å². The average Bonchev–Trinajstić information content (AvgIpc) is 2.68. The van der Waals surface area contributed by atoms with Crippen LogP contribution >= 0.6 is 24.8 Å².